The quantitative estimate of drug-likeness (QED) is 0.750. The van der Waals surface area contributed by atoms with Crippen LogP contribution in [0.15, 0.2) is 0 Å². The molecule has 1 aliphatic rings. The lowest BCUT2D eigenvalue weighted by atomic mass is 10.1. The van der Waals surface area contributed by atoms with E-state index >= 15 is 0 Å². The minimum atomic E-state index is -2.79. The molecule has 1 N–H and O–H groups in total. The second kappa shape index (κ2) is 5.27. The zero-order valence-corrected chi connectivity index (χ0v) is 10.7. The second-order valence-corrected chi connectivity index (χ2v) is 6.97. The number of piperazine rings is 1. The highest BCUT2D eigenvalue weighted by atomic mass is 32.2. The molecule has 0 spiro atoms. The van der Waals surface area contributed by atoms with Crippen molar-refractivity contribution in [2.24, 2.45) is 0 Å². The van der Waals surface area contributed by atoms with E-state index in [1.807, 2.05) is 0 Å². The van der Waals surface area contributed by atoms with Crippen LogP contribution in [-0.2, 0) is 9.84 Å². The van der Waals surface area contributed by atoms with Gasteiger partial charge in [-0.25, -0.2) is 8.42 Å². The van der Waals surface area contributed by atoms with Crippen molar-refractivity contribution in [3.63, 3.8) is 0 Å². The Bertz CT molecular complexity index is 280. The molecular weight excluding hydrogens is 212 g/mol. The van der Waals surface area contributed by atoms with E-state index < -0.39 is 9.84 Å². The van der Waals surface area contributed by atoms with E-state index in [-0.39, 0.29) is 0 Å². The van der Waals surface area contributed by atoms with Gasteiger partial charge in [0.25, 0.3) is 0 Å². The van der Waals surface area contributed by atoms with E-state index in [1.165, 1.54) is 6.26 Å². The standard InChI is InChI=1S/C10H22N2O2S/c1-9-7-12(8-10(2)11-9)5-4-6-15(3,13)14/h9-11H,4-8H2,1-3H3. The van der Waals surface area contributed by atoms with Crippen LogP contribution < -0.4 is 5.32 Å². The number of nitrogens with zero attached hydrogens (tertiary/aromatic N) is 1. The van der Waals surface area contributed by atoms with Gasteiger partial charge in [-0.2, -0.15) is 0 Å². The highest BCUT2D eigenvalue weighted by molar-refractivity contribution is 7.90. The SMILES string of the molecule is CC1CN(CCCS(C)(=O)=O)CC(C)N1. The highest BCUT2D eigenvalue weighted by Crippen LogP contribution is 2.05. The molecule has 0 aliphatic carbocycles. The van der Waals surface area contributed by atoms with Crippen LogP contribution in [0.4, 0.5) is 0 Å². The van der Waals surface area contributed by atoms with Crippen LogP contribution in [0, 0.1) is 0 Å². The zero-order valence-electron chi connectivity index (χ0n) is 9.86. The summed E-state index contributed by atoms with van der Waals surface area (Å²) in [5.41, 5.74) is 0. The van der Waals surface area contributed by atoms with Crippen molar-refractivity contribution >= 4 is 9.84 Å². The molecule has 0 saturated carbocycles. The molecule has 1 fully saturated rings. The largest absolute Gasteiger partial charge is 0.309 e. The molecule has 1 aliphatic heterocycles. The van der Waals surface area contributed by atoms with Gasteiger partial charge in [0.2, 0.25) is 0 Å². The molecule has 4 nitrogen and oxygen atoms in total. The summed E-state index contributed by atoms with van der Waals surface area (Å²) in [4.78, 5) is 2.34. The lowest BCUT2D eigenvalue weighted by Gasteiger charge is -2.36. The van der Waals surface area contributed by atoms with E-state index in [4.69, 9.17) is 0 Å². The van der Waals surface area contributed by atoms with Crippen LogP contribution in [-0.4, -0.2) is 57.0 Å². The predicted octanol–water partition coefficient (Wildman–Crippen LogP) is 0.103. The lowest BCUT2D eigenvalue weighted by molar-refractivity contribution is 0.174. The van der Waals surface area contributed by atoms with Gasteiger partial charge in [-0.3, -0.25) is 0 Å². The maximum absolute atomic E-state index is 11.0. The summed E-state index contributed by atoms with van der Waals surface area (Å²) in [6.45, 7) is 7.27. The van der Waals surface area contributed by atoms with Gasteiger partial charge in [-0.15, -0.1) is 0 Å². The Hall–Kier alpha value is -0.130. The topological polar surface area (TPSA) is 49.4 Å². The molecule has 1 heterocycles. The summed E-state index contributed by atoms with van der Waals surface area (Å²) in [6.07, 6.45) is 2.05. The Morgan fingerprint density at radius 2 is 1.80 bits per heavy atom. The summed E-state index contributed by atoms with van der Waals surface area (Å²) in [5, 5.41) is 3.46. The molecule has 0 aromatic heterocycles. The molecule has 0 bridgehead atoms. The predicted molar refractivity (Wildman–Crippen MR) is 62.8 cm³/mol. The van der Waals surface area contributed by atoms with E-state index in [0.29, 0.717) is 17.8 Å². The van der Waals surface area contributed by atoms with E-state index in [1.54, 1.807) is 0 Å². The van der Waals surface area contributed by atoms with Gasteiger partial charge in [0.15, 0.2) is 0 Å². The van der Waals surface area contributed by atoms with Gasteiger partial charge in [-0.05, 0) is 26.8 Å². The van der Waals surface area contributed by atoms with Crippen molar-refractivity contribution in [1.82, 2.24) is 10.2 Å². The molecule has 5 heteroatoms. The van der Waals surface area contributed by atoms with Gasteiger partial charge in [0, 0.05) is 31.4 Å². The minimum Gasteiger partial charge on any atom is -0.309 e. The highest BCUT2D eigenvalue weighted by Gasteiger charge is 2.20. The third kappa shape index (κ3) is 5.49. The molecule has 1 saturated heterocycles. The van der Waals surface area contributed by atoms with Gasteiger partial charge in [-0.1, -0.05) is 0 Å². The van der Waals surface area contributed by atoms with Crippen LogP contribution >= 0.6 is 0 Å². The van der Waals surface area contributed by atoms with Gasteiger partial charge < -0.3 is 10.2 Å². The molecule has 0 amide bonds. The molecule has 2 atom stereocenters. The summed E-state index contributed by atoms with van der Waals surface area (Å²) < 4.78 is 21.9. The first-order valence-corrected chi connectivity index (χ1v) is 7.59. The zero-order chi connectivity index (χ0) is 11.5. The van der Waals surface area contributed by atoms with Crippen molar-refractivity contribution in [2.45, 2.75) is 32.4 Å². The van der Waals surface area contributed by atoms with Crippen LogP contribution in [0.1, 0.15) is 20.3 Å². The molecular formula is C10H22N2O2S. The normalized spacial score (nSPS) is 29.3. The monoisotopic (exact) mass is 234 g/mol. The Morgan fingerprint density at radius 3 is 2.27 bits per heavy atom. The molecule has 0 aromatic carbocycles. The number of sulfone groups is 1. The number of hydrogen-bond acceptors (Lipinski definition) is 4. The summed E-state index contributed by atoms with van der Waals surface area (Å²) in [7, 11) is -2.79. The average Bonchev–Trinajstić information content (AvgIpc) is 1.99. The first kappa shape index (κ1) is 12.9. The Kier molecular flexibility index (Phi) is 4.55. The fraction of sp³-hybridized carbons (Fsp3) is 1.00. The fourth-order valence-corrected chi connectivity index (χ4v) is 2.83. The summed E-state index contributed by atoms with van der Waals surface area (Å²) in [6, 6.07) is 1.01. The van der Waals surface area contributed by atoms with Crippen LogP contribution in [0.2, 0.25) is 0 Å². The number of hydrogen-bond donors (Lipinski definition) is 1. The summed E-state index contributed by atoms with van der Waals surface area (Å²) >= 11 is 0. The van der Waals surface area contributed by atoms with Crippen molar-refractivity contribution in [2.75, 3.05) is 31.6 Å². The first-order valence-electron chi connectivity index (χ1n) is 5.53. The molecule has 0 radical (unpaired) electrons. The fourth-order valence-electron chi connectivity index (χ4n) is 2.17. The van der Waals surface area contributed by atoms with E-state index in [9.17, 15) is 8.42 Å². The van der Waals surface area contributed by atoms with Crippen LogP contribution in [0.5, 0.6) is 0 Å². The number of rotatable bonds is 4. The number of nitrogens with one attached hydrogen (secondary N) is 1. The first-order chi connectivity index (χ1) is 6.87. The van der Waals surface area contributed by atoms with E-state index in [0.717, 1.165) is 26.1 Å². The minimum absolute atomic E-state index is 0.305. The third-order valence-electron chi connectivity index (χ3n) is 2.62. The molecule has 90 valence electrons. The van der Waals surface area contributed by atoms with Gasteiger partial charge >= 0.3 is 0 Å². The van der Waals surface area contributed by atoms with Gasteiger partial charge in [0.05, 0.1) is 5.75 Å². The lowest BCUT2D eigenvalue weighted by Crippen LogP contribution is -2.54. The second-order valence-electron chi connectivity index (χ2n) is 4.71. The Balaban J connectivity index is 2.26. The molecule has 2 unspecified atom stereocenters. The molecule has 1 rings (SSSR count). The van der Waals surface area contributed by atoms with Crippen molar-refractivity contribution in [3.8, 4) is 0 Å². The average molecular weight is 234 g/mol. The van der Waals surface area contributed by atoms with Gasteiger partial charge in [0.1, 0.15) is 9.84 Å². The van der Waals surface area contributed by atoms with Crippen molar-refractivity contribution in [1.29, 1.82) is 0 Å². The Morgan fingerprint density at radius 1 is 1.27 bits per heavy atom. The van der Waals surface area contributed by atoms with E-state index in [2.05, 4.69) is 24.1 Å². The van der Waals surface area contributed by atoms with Crippen molar-refractivity contribution in [3.05, 3.63) is 0 Å². The maximum Gasteiger partial charge on any atom is 0.147 e. The van der Waals surface area contributed by atoms with Crippen LogP contribution in [0.3, 0.4) is 0 Å². The Labute approximate surface area is 93.0 Å². The molecule has 15 heavy (non-hydrogen) atoms. The molecule has 0 aromatic rings. The third-order valence-corrected chi connectivity index (χ3v) is 3.65. The maximum atomic E-state index is 11.0. The summed E-state index contributed by atoms with van der Waals surface area (Å²) in [5.74, 6) is 0.305. The van der Waals surface area contributed by atoms with Crippen LogP contribution in [0.25, 0.3) is 0 Å². The smallest absolute Gasteiger partial charge is 0.147 e. The van der Waals surface area contributed by atoms with Crippen molar-refractivity contribution < 1.29 is 8.42 Å².